The molecule has 0 spiro atoms. The zero-order chi connectivity index (χ0) is 23.2. The van der Waals surface area contributed by atoms with Crippen LogP contribution in [0.2, 0.25) is 0 Å². The first-order chi connectivity index (χ1) is 14.7. The van der Waals surface area contributed by atoms with E-state index in [2.05, 4.69) is 6.92 Å². The lowest BCUT2D eigenvalue weighted by molar-refractivity contribution is -0.327. The number of hydrogen-bond acceptors (Lipinski definition) is 3. The second kappa shape index (κ2) is 15.7. The van der Waals surface area contributed by atoms with Gasteiger partial charge in [-0.3, -0.25) is 0 Å². The van der Waals surface area contributed by atoms with E-state index in [4.69, 9.17) is 14.2 Å². The summed E-state index contributed by atoms with van der Waals surface area (Å²) in [5.74, 6) is -2.94. The summed E-state index contributed by atoms with van der Waals surface area (Å²) in [4.78, 5) is 0. The lowest BCUT2D eigenvalue weighted by Gasteiger charge is -2.28. The van der Waals surface area contributed by atoms with Gasteiger partial charge in [-0.2, -0.15) is 0 Å². The molecule has 0 radical (unpaired) electrons. The van der Waals surface area contributed by atoms with Gasteiger partial charge in [0.15, 0.2) is 11.6 Å². The first-order valence-corrected chi connectivity index (χ1v) is 11.8. The van der Waals surface area contributed by atoms with Crippen LogP contribution in [-0.2, 0) is 20.6 Å². The molecule has 0 heterocycles. The van der Waals surface area contributed by atoms with E-state index in [1.165, 1.54) is 32.1 Å². The van der Waals surface area contributed by atoms with Gasteiger partial charge in [-0.25, -0.2) is 13.2 Å². The Kier molecular flexibility index (Phi) is 14.1. The molecule has 0 aliphatic heterocycles. The smallest absolute Gasteiger partial charge is 0.272 e. The molecule has 1 aromatic carbocycles. The topological polar surface area (TPSA) is 27.7 Å². The van der Waals surface area contributed by atoms with E-state index in [0.717, 1.165) is 25.3 Å². The molecule has 0 saturated carbocycles. The molecule has 0 bridgehead atoms. The van der Waals surface area contributed by atoms with E-state index in [-0.39, 0.29) is 30.3 Å². The Balaban J connectivity index is 2.70. The second-order valence-corrected chi connectivity index (χ2v) is 8.72. The van der Waals surface area contributed by atoms with Crippen molar-refractivity contribution in [3.05, 3.63) is 35.1 Å². The van der Waals surface area contributed by atoms with Gasteiger partial charge in [0, 0.05) is 6.07 Å². The molecule has 0 N–H and O–H groups in total. The lowest BCUT2D eigenvalue weighted by Crippen LogP contribution is -2.32. The molecular formula is C25H41F3O3. The number of halogens is 3. The molecule has 0 amide bonds. The Labute approximate surface area is 186 Å². The van der Waals surface area contributed by atoms with Gasteiger partial charge in [0.1, 0.15) is 5.82 Å². The van der Waals surface area contributed by atoms with Crippen molar-refractivity contribution in [1.29, 1.82) is 0 Å². The normalized spacial score (nSPS) is 13.0. The fourth-order valence-electron chi connectivity index (χ4n) is 3.38. The minimum Gasteiger partial charge on any atom is -0.327 e. The van der Waals surface area contributed by atoms with Crippen molar-refractivity contribution in [2.24, 2.45) is 0 Å². The molecule has 1 atom stereocenters. The van der Waals surface area contributed by atoms with Crippen LogP contribution < -0.4 is 0 Å². The summed E-state index contributed by atoms with van der Waals surface area (Å²) >= 11 is 0. The van der Waals surface area contributed by atoms with Crippen LogP contribution in [-0.4, -0.2) is 24.8 Å². The van der Waals surface area contributed by atoms with Crippen LogP contribution in [0.15, 0.2) is 12.1 Å². The molecule has 0 aliphatic rings. The monoisotopic (exact) mass is 446 g/mol. The number of aryl methyl sites for hydroxylation is 1. The van der Waals surface area contributed by atoms with Gasteiger partial charge < -0.3 is 14.2 Å². The molecule has 6 heteroatoms. The SMILES string of the molecule is CCCCCCCCCC(CCc1cc(F)c(F)cc1F)OC(OC(C)C)OC(C)C. The zero-order valence-corrected chi connectivity index (χ0v) is 19.9. The fraction of sp³-hybridized carbons (Fsp3) is 0.760. The zero-order valence-electron chi connectivity index (χ0n) is 19.9. The molecular weight excluding hydrogens is 405 g/mol. The predicted molar refractivity (Wildman–Crippen MR) is 118 cm³/mol. The average molecular weight is 447 g/mol. The third kappa shape index (κ3) is 12.5. The van der Waals surface area contributed by atoms with Crippen LogP contribution in [0.3, 0.4) is 0 Å². The average Bonchev–Trinajstić information content (AvgIpc) is 2.67. The van der Waals surface area contributed by atoms with Crippen molar-refractivity contribution >= 4 is 0 Å². The summed E-state index contributed by atoms with van der Waals surface area (Å²) in [6.45, 7) is 9.00. The van der Waals surface area contributed by atoms with E-state index in [1.54, 1.807) is 0 Å². The van der Waals surface area contributed by atoms with Crippen molar-refractivity contribution in [2.45, 2.75) is 124 Å². The highest BCUT2D eigenvalue weighted by Crippen LogP contribution is 2.21. The molecule has 31 heavy (non-hydrogen) atoms. The summed E-state index contributed by atoms with van der Waals surface area (Å²) in [5.41, 5.74) is 0.151. The van der Waals surface area contributed by atoms with Gasteiger partial charge in [-0.1, -0.05) is 51.9 Å². The van der Waals surface area contributed by atoms with Crippen LogP contribution in [0.4, 0.5) is 13.2 Å². The highest BCUT2D eigenvalue weighted by atomic mass is 19.2. The van der Waals surface area contributed by atoms with Gasteiger partial charge in [-0.05, 0) is 58.6 Å². The van der Waals surface area contributed by atoms with Gasteiger partial charge >= 0.3 is 0 Å². The minimum atomic E-state index is -1.17. The van der Waals surface area contributed by atoms with Crippen molar-refractivity contribution in [2.75, 3.05) is 0 Å². The molecule has 0 aromatic heterocycles. The van der Waals surface area contributed by atoms with E-state index >= 15 is 0 Å². The Morgan fingerprint density at radius 1 is 0.677 bits per heavy atom. The number of benzene rings is 1. The summed E-state index contributed by atoms with van der Waals surface area (Å²) < 4.78 is 58.4. The molecule has 180 valence electrons. The number of unbranched alkanes of at least 4 members (excludes halogenated alkanes) is 6. The minimum absolute atomic E-state index is 0.0772. The van der Waals surface area contributed by atoms with Crippen LogP contribution >= 0.6 is 0 Å². The van der Waals surface area contributed by atoms with Crippen LogP contribution in [0.5, 0.6) is 0 Å². The van der Waals surface area contributed by atoms with Crippen LogP contribution in [0.1, 0.15) is 98.0 Å². The largest absolute Gasteiger partial charge is 0.327 e. The molecule has 1 rings (SSSR count). The van der Waals surface area contributed by atoms with E-state index in [0.29, 0.717) is 12.5 Å². The van der Waals surface area contributed by atoms with Gasteiger partial charge in [0.05, 0.1) is 18.3 Å². The Morgan fingerprint density at radius 2 is 1.23 bits per heavy atom. The molecule has 3 nitrogen and oxygen atoms in total. The standard InChI is InChI=1S/C25H41F3O3/c1-6-7-8-9-10-11-12-13-21(31-25(29-18(2)3)30-19(4)5)15-14-20-16-23(27)24(28)17-22(20)26/h16-19,21,25H,6-15H2,1-5H3. The van der Waals surface area contributed by atoms with Gasteiger partial charge in [0.25, 0.3) is 6.48 Å². The van der Waals surface area contributed by atoms with E-state index < -0.39 is 23.9 Å². The molecule has 1 aromatic rings. The summed E-state index contributed by atoms with van der Waals surface area (Å²) in [6.07, 6.45) is 9.36. The quantitative estimate of drug-likeness (QED) is 0.139. The van der Waals surface area contributed by atoms with Crippen molar-refractivity contribution in [3.63, 3.8) is 0 Å². The molecule has 0 saturated heterocycles. The summed E-state index contributed by atoms with van der Waals surface area (Å²) in [5, 5.41) is 0. The molecule has 1 unspecified atom stereocenters. The van der Waals surface area contributed by atoms with E-state index in [9.17, 15) is 13.2 Å². The van der Waals surface area contributed by atoms with Crippen LogP contribution in [0.25, 0.3) is 0 Å². The predicted octanol–water partition coefficient (Wildman–Crippen LogP) is 7.70. The highest BCUT2D eigenvalue weighted by molar-refractivity contribution is 5.20. The first kappa shape index (κ1) is 27.9. The third-order valence-electron chi connectivity index (χ3n) is 5.02. The fourth-order valence-corrected chi connectivity index (χ4v) is 3.38. The number of hydrogen-bond donors (Lipinski definition) is 0. The van der Waals surface area contributed by atoms with Crippen LogP contribution in [0, 0.1) is 17.5 Å². The summed E-state index contributed by atoms with van der Waals surface area (Å²) in [7, 11) is 0. The van der Waals surface area contributed by atoms with Crippen molar-refractivity contribution in [3.8, 4) is 0 Å². The third-order valence-corrected chi connectivity index (χ3v) is 5.02. The Bertz CT molecular complexity index is 598. The van der Waals surface area contributed by atoms with Crippen molar-refractivity contribution in [1.82, 2.24) is 0 Å². The molecule has 0 fully saturated rings. The Morgan fingerprint density at radius 3 is 1.81 bits per heavy atom. The maximum Gasteiger partial charge on any atom is 0.272 e. The highest BCUT2D eigenvalue weighted by Gasteiger charge is 2.21. The van der Waals surface area contributed by atoms with Crippen molar-refractivity contribution < 1.29 is 27.4 Å². The van der Waals surface area contributed by atoms with E-state index in [1.807, 2.05) is 27.7 Å². The van der Waals surface area contributed by atoms with Gasteiger partial charge in [-0.15, -0.1) is 0 Å². The lowest BCUT2D eigenvalue weighted by atomic mass is 10.0. The maximum atomic E-state index is 14.0. The Hall–Kier alpha value is -1.11. The summed E-state index contributed by atoms with van der Waals surface area (Å²) in [6, 6.07) is 1.53. The number of ether oxygens (including phenoxy) is 3. The first-order valence-electron chi connectivity index (χ1n) is 11.8. The molecule has 0 aliphatic carbocycles. The maximum absolute atomic E-state index is 14.0. The number of rotatable bonds is 17. The second-order valence-electron chi connectivity index (χ2n) is 8.72. The van der Waals surface area contributed by atoms with Gasteiger partial charge in [0.2, 0.25) is 0 Å².